The number of hydrogen-bond acceptors (Lipinski definition) is 2. The van der Waals surface area contributed by atoms with E-state index in [9.17, 15) is 0 Å². The van der Waals surface area contributed by atoms with Gasteiger partial charge in [-0.25, -0.2) is 0 Å². The van der Waals surface area contributed by atoms with Crippen molar-refractivity contribution in [2.24, 2.45) is 0 Å². The first-order chi connectivity index (χ1) is 8.27. The highest BCUT2D eigenvalue weighted by atomic mass is 32.2. The minimum Gasteiger partial charge on any atom is -0.299 e. The maximum atomic E-state index is 2.53. The maximum Gasteiger partial charge on any atom is 0.0169 e. The first-order valence-electron chi connectivity index (χ1n) is 6.52. The highest BCUT2D eigenvalue weighted by Crippen LogP contribution is 2.18. The van der Waals surface area contributed by atoms with Gasteiger partial charge in [0.1, 0.15) is 0 Å². The molecule has 1 aliphatic heterocycles. The van der Waals surface area contributed by atoms with Crippen molar-refractivity contribution in [1.82, 2.24) is 4.90 Å². The van der Waals surface area contributed by atoms with E-state index in [0.717, 1.165) is 12.3 Å². The number of rotatable bonds is 6. The minimum absolute atomic E-state index is 1.10. The maximum absolute atomic E-state index is 2.53. The second kappa shape index (κ2) is 8.60. The lowest BCUT2D eigenvalue weighted by molar-refractivity contribution is 0.295. The second-order valence-electron chi connectivity index (χ2n) is 4.51. The fraction of sp³-hybridized carbons (Fsp3) is 0.600. The van der Waals surface area contributed by atoms with Crippen molar-refractivity contribution in [2.45, 2.75) is 26.7 Å². The molecule has 0 atom stereocenters. The average Bonchev–Trinajstić information content (AvgIpc) is 2.36. The molecule has 0 saturated heterocycles. The first kappa shape index (κ1) is 14.6. The normalized spacial score (nSPS) is 18.8. The third-order valence-corrected chi connectivity index (χ3v) is 3.61. The van der Waals surface area contributed by atoms with Crippen LogP contribution in [0.4, 0.5) is 0 Å². The molecule has 0 aliphatic carbocycles. The zero-order chi connectivity index (χ0) is 12.5. The van der Waals surface area contributed by atoms with Gasteiger partial charge in [0, 0.05) is 18.8 Å². The van der Waals surface area contributed by atoms with Crippen molar-refractivity contribution in [3.05, 3.63) is 35.5 Å². The lowest BCUT2D eigenvalue weighted by Gasteiger charge is -2.26. The Morgan fingerprint density at radius 3 is 2.94 bits per heavy atom. The molecule has 1 heterocycles. The Bertz CT molecular complexity index is 302. The van der Waals surface area contributed by atoms with E-state index in [-0.39, 0.29) is 0 Å². The van der Waals surface area contributed by atoms with Crippen LogP contribution in [0.2, 0.25) is 0 Å². The third kappa shape index (κ3) is 5.60. The highest BCUT2D eigenvalue weighted by Gasteiger charge is 2.10. The zero-order valence-corrected chi connectivity index (χ0v) is 12.2. The molecular formula is C15H25NS. The monoisotopic (exact) mass is 251 g/mol. The van der Waals surface area contributed by atoms with Crippen molar-refractivity contribution in [2.75, 3.05) is 31.6 Å². The average molecular weight is 251 g/mol. The Kier molecular flexibility index (Phi) is 7.38. The van der Waals surface area contributed by atoms with Crippen LogP contribution in [0.15, 0.2) is 35.5 Å². The molecule has 0 radical (unpaired) electrons. The van der Waals surface area contributed by atoms with Crippen LogP contribution in [-0.4, -0.2) is 36.5 Å². The molecule has 0 amide bonds. The van der Waals surface area contributed by atoms with E-state index in [2.05, 4.69) is 49.3 Å². The van der Waals surface area contributed by atoms with Crippen LogP contribution in [0.25, 0.3) is 0 Å². The van der Waals surface area contributed by atoms with E-state index in [0.29, 0.717) is 0 Å². The third-order valence-electron chi connectivity index (χ3n) is 3.08. The van der Waals surface area contributed by atoms with E-state index in [1.807, 2.05) is 11.8 Å². The van der Waals surface area contributed by atoms with E-state index in [1.54, 1.807) is 0 Å². The SMILES string of the molecule is CCCN1CC=C(/C(C)=C/C=C\CSC)CC1. The Balaban J connectivity index is 2.45. The molecule has 1 rings (SSSR count). The van der Waals surface area contributed by atoms with Gasteiger partial charge in [-0.3, -0.25) is 4.90 Å². The van der Waals surface area contributed by atoms with Crippen molar-refractivity contribution >= 4 is 11.8 Å². The first-order valence-corrected chi connectivity index (χ1v) is 7.91. The van der Waals surface area contributed by atoms with Crippen LogP contribution < -0.4 is 0 Å². The topological polar surface area (TPSA) is 3.24 Å². The minimum atomic E-state index is 1.10. The second-order valence-corrected chi connectivity index (χ2v) is 5.42. The van der Waals surface area contributed by atoms with Crippen LogP contribution in [0.5, 0.6) is 0 Å². The molecule has 0 aromatic carbocycles. The zero-order valence-electron chi connectivity index (χ0n) is 11.4. The van der Waals surface area contributed by atoms with Crippen molar-refractivity contribution in [1.29, 1.82) is 0 Å². The summed E-state index contributed by atoms with van der Waals surface area (Å²) < 4.78 is 0. The molecule has 0 unspecified atom stereocenters. The van der Waals surface area contributed by atoms with Gasteiger partial charge in [0.15, 0.2) is 0 Å². The fourth-order valence-corrected chi connectivity index (χ4v) is 2.36. The summed E-state index contributed by atoms with van der Waals surface area (Å²) in [7, 11) is 0. The predicted octanol–water partition coefficient (Wildman–Crippen LogP) is 3.89. The Hall–Kier alpha value is -0.470. The van der Waals surface area contributed by atoms with Crippen LogP contribution in [0.1, 0.15) is 26.7 Å². The summed E-state index contributed by atoms with van der Waals surface area (Å²) >= 11 is 1.86. The van der Waals surface area contributed by atoms with Gasteiger partial charge in [0.2, 0.25) is 0 Å². The van der Waals surface area contributed by atoms with E-state index in [4.69, 9.17) is 0 Å². The van der Waals surface area contributed by atoms with Crippen molar-refractivity contribution in [3.63, 3.8) is 0 Å². The molecule has 96 valence electrons. The summed E-state index contributed by atoms with van der Waals surface area (Å²) in [6, 6.07) is 0. The van der Waals surface area contributed by atoms with Crippen LogP contribution >= 0.6 is 11.8 Å². The molecule has 0 aromatic heterocycles. The Labute approximate surface area is 111 Å². The molecule has 0 N–H and O–H groups in total. The summed E-state index contributed by atoms with van der Waals surface area (Å²) in [6.07, 6.45) is 13.7. The fourth-order valence-electron chi connectivity index (χ4n) is 2.06. The standard InChI is InChI=1S/C15H25NS/c1-4-10-16-11-8-15(9-12-16)14(2)7-5-6-13-17-3/h5-8H,4,9-13H2,1-3H3/b6-5-,14-7+. The largest absolute Gasteiger partial charge is 0.299 e. The summed E-state index contributed by atoms with van der Waals surface area (Å²) in [6.45, 7) is 8.06. The predicted molar refractivity (Wildman–Crippen MR) is 80.7 cm³/mol. The van der Waals surface area contributed by atoms with Gasteiger partial charge in [0.25, 0.3) is 0 Å². The molecular weight excluding hydrogens is 226 g/mol. The van der Waals surface area contributed by atoms with Gasteiger partial charge < -0.3 is 0 Å². The molecule has 0 fully saturated rings. The summed E-state index contributed by atoms with van der Waals surface area (Å²) in [4.78, 5) is 2.53. The van der Waals surface area contributed by atoms with Crippen LogP contribution in [-0.2, 0) is 0 Å². The molecule has 17 heavy (non-hydrogen) atoms. The quantitative estimate of drug-likeness (QED) is 0.659. The molecule has 0 saturated carbocycles. The number of thioether (sulfide) groups is 1. The highest BCUT2D eigenvalue weighted by molar-refractivity contribution is 7.98. The van der Waals surface area contributed by atoms with E-state index >= 15 is 0 Å². The van der Waals surface area contributed by atoms with E-state index in [1.165, 1.54) is 37.1 Å². The van der Waals surface area contributed by atoms with Gasteiger partial charge in [-0.05, 0) is 43.7 Å². The number of nitrogens with zero attached hydrogens (tertiary/aromatic N) is 1. The Morgan fingerprint density at radius 1 is 1.53 bits per heavy atom. The number of hydrogen-bond donors (Lipinski definition) is 0. The molecule has 0 spiro atoms. The smallest absolute Gasteiger partial charge is 0.0169 e. The lowest BCUT2D eigenvalue weighted by Crippen LogP contribution is -2.29. The van der Waals surface area contributed by atoms with Gasteiger partial charge in [0.05, 0.1) is 0 Å². The molecule has 0 aromatic rings. The number of allylic oxidation sites excluding steroid dienone is 3. The molecule has 1 nitrogen and oxygen atoms in total. The lowest BCUT2D eigenvalue weighted by atomic mass is 10.0. The van der Waals surface area contributed by atoms with Crippen LogP contribution in [0.3, 0.4) is 0 Å². The summed E-state index contributed by atoms with van der Waals surface area (Å²) in [5.74, 6) is 1.10. The van der Waals surface area contributed by atoms with Gasteiger partial charge in [-0.2, -0.15) is 11.8 Å². The van der Waals surface area contributed by atoms with Crippen LogP contribution in [0, 0.1) is 0 Å². The summed E-state index contributed by atoms with van der Waals surface area (Å²) in [5.41, 5.74) is 2.96. The van der Waals surface area contributed by atoms with E-state index < -0.39 is 0 Å². The van der Waals surface area contributed by atoms with Gasteiger partial charge in [-0.1, -0.05) is 31.2 Å². The van der Waals surface area contributed by atoms with Gasteiger partial charge >= 0.3 is 0 Å². The van der Waals surface area contributed by atoms with Crippen molar-refractivity contribution < 1.29 is 0 Å². The summed E-state index contributed by atoms with van der Waals surface area (Å²) in [5, 5.41) is 0. The molecule has 1 aliphatic rings. The molecule has 0 bridgehead atoms. The Morgan fingerprint density at radius 2 is 2.35 bits per heavy atom. The van der Waals surface area contributed by atoms with Crippen molar-refractivity contribution in [3.8, 4) is 0 Å². The van der Waals surface area contributed by atoms with Gasteiger partial charge in [-0.15, -0.1) is 0 Å². The molecule has 2 heteroatoms.